The van der Waals surface area contributed by atoms with Crippen LogP contribution in [0.15, 0.2) is 36.5 Å². The number of aromatic nitrogens is 1. The molecular formula is C13H12ClN3O2. The number of carbonyl (C=O) groups excluding carboxylic acids is 1. The van der Waals surface area contributed by atoms with Gasteiger partial charge in [0.05, 0.1) is 17.2 Å². The number of hydrogen-bond acceptors (Lipinski definition) is 4. The fourth-order valence-corrected chi connectivity index (χ4v) is 1.64. The van der Waals surface area contributed by atoms with E-state index in [4.69, 9.17) is 22.4 Å². The van der Waals surface area contributed by atoms with Crippen LogP contribution in [0.4, 0.5) is 11.5 Å². The predicted octanol–water partition coefficient (Wildman–Crippen LogP) is 2.06. The highest BCUT2D eigenvalue weighted by molar-refractivity contribution is 6.33. The Labute approximate surface area is 115 Å². The third-order valence-corrected chi connectivity index (χ3v) is 2.83. The van der Waals surface area contributed by atoms with Gasteiger partial charge >= 0.3 is 0 Å². The Morgan fingerprint density at radius 2 is 2.05 bits per heavy atom. The number of hydrogen-bond donors (Lipinski definition) is 3. The van der Waals surface area contributed by atoms with E-state index in [1.165, 1.54) is 12.3 Å². The smallest absolute Gasteiger partial charge is 0.257 e. The van der Waals surface area contributed by atoms with E-state index in [2.05, 4.69) is 10.3 Å². The molecule has 0 unspecified atom stereocenters. The van der Waals surface area contributed by atoms with Gasteiger partial charge in [-0.15, -0.1) is 0 Å². The Morgan fingerprint density at radius 1 is 1.37 bits per heavy atom. The molecule has 2 rings (SSSR count). The van der Waals surface area contributed by atoms with Gasteiger partial charge in [-0.25, -0.2) is 4.98 Å². The zero-order valence-corrected chi connectivity index (χ0v) is 10.7. The average molecular weight is 278 g/mol. The van der Waals surface area contributed by atoms with Gasteiger partial charge in [0.25, 0.3) is 5.91 Å². The molecule has 5 nitrogen and oxygen atoms in total. The van der Waals surface area contributed by atoms with Crippen molar-refractivity contribution in [3.05, 3.63) is 52.7 Å². The van der Waals surface area contributed by atoms with Gasteiger partial charge in [0.1, 0.15) is 5.82 Å². The van der Waals surface area contributed by atoms with Crippen LogP contribution >= 0.6 is 11.6 Å². The number of nitrogen functional groups attached to an aromatic ring is 1. The highest BCUT2D eigenvalue weighted by atomic mass is 35.5. The Balaban J connectivity index is 2.13. The van der Waals surface area contributed by atoms with Gasteiger partial charge in [-0.3, -0.25) is 4.79 Å². The number of halogens is 1. The lowest BCUT2D eigenvalue weighted by Gasteiger charge is -2.06. The van der Waals surface area contributed by atoms with Crippen molar-refractivity contribution in [1.29, 1.82) is 0 Å². The second kappa shape index (κ2) is 5.69. The molecule has 1 amide bonds. The summed E-state index contributed by atoms with van der Waals surface area (Å²) in [6.07, 6.45) is 1.36. The van der Waals surface area contributed by atoms with Crippen molar-refractivity contribution >= 4 is 29.0 Å². The van der Waals surface area contributed by atoms with Crippen LogP contribution in [0.25, 0.3) is 0 Å². The first kappa shape index (κ1) is 13.3. The van der Waals surface area contributed by atoms with Crippen LogP contribution in [0.5, 0.6) is 0 Å². The molecule has 0 aliphatic heterocycles. The summed E-state index contributed by atoms with van der Waals surface area (Å²) in [6, 6.07) is 8.32. The molecule has 0 aliphatic rings. The number of nitrogens with one attached hydrogen (secondary N) is 1. The normalized spacial score (nSPS) is 10.2. The fourth-order valence-electron chi connectivity index (χ4n) is 1.47. The molecule has 0 saturated heterocycles. The van der Waals surface area contributed by atoms with Crippen LogP contribution in [0.2, 0.25) is 5.02 Å². The molecule has 0 spiro atoms. The first-order valence-electron chi connectivity index (χ1n) is 5.52. The van der Waals surface area contributed by atoms with Gasteiger partial charge in [0, 0.05) is 11.9 Å². The summed E-state index contributed by atoms with van der Waals surface area (Å²) in [5.41, 5.74) is 7.19. The van der Waals surface area contributed by atoms with Gasteiger partial charge < -0.3 is 16.2 Å². The standard InChI is InChI=1S/C13H12ClN3O2/c14-11-5-9(6-16-12(11)15)13(19)17-10-3-1-8(7-18)2-4-10/h1-6,18H,7H2,(H2,15,16)(H,17,19). The van der Waals surface area contributed by atoms with Crippen molar-refractivity contribution in [2.24, 2.45) is 0 Å². The molecule has 0 bridgehead atoms. The van der Waals surface area contributed by atoms with Crippen molar-refractivity contribution in [3.8, 4) is 0 Å². The molecule has 0 aliphatic carbocycles. The minimum absolute atomic E-state index is 0.0360. The number of rotatable bonds is 3. The molecular weight excluding hydrogens is 266 g/mol. The number of pyridine rings is 1. The zero-order chi connectivity index (χ0) is 13.8. The van der Waals surface area contributed by atoms with Crippen molar-refractivity contribution < 1.29 is 9.90 Å². The van der Waals surface area contributed by atoms with Crippen LogP contribution in [0.3, 0.4) is 0 Å². The second-order valence-corrected chi connectivity index (χ2v) is 4.31. The molecule has 2 aromatic rings. The minimum Gasteiger partial charge on any atom is -0.392 e. The number of carbonyl (C=O) groups is 1. The number of benzene rings is 1. The van der Waals surface area contributed by atoms with Crippen LogP contribution in [-0.2, 0) is 6.61 Å². The summed E-state index contributed by atoms with van der Waals surface area (Å²) in [6.45, 7) is -0.0360. The summed E-state index contributed by atoms with van der Waals surface area (Å²) in [5, 5.41) is 11.9. The number of aliphatic hydroxyl groups excluding tert-OH is 1. The van der Waals surface area contributed by atoms with Crippen molar-refractivity contribution in [2.75, 3.05) is 11.1 Å². The van der Waals surface area contributed by atoms with Crippen molar-refractivity contribution in [2.45, 2.75) is 6.61 Å². The summed E-state index contributed by atoms with van der Waals surface area (Å²) < 4.78 is 0. The highest BCUT2D eigenvalue weighted by Crippen LogP contribution is 2.18. The first-order valence-corrected chi connectivity index (χ1v) is 5.90. The van der Waals surface area contributed by atoms with Gasteiger partial charge in [0.15, 0.2) is 0 Å². The molecule has 0 atom stereocenters. The summed E-state index contributed by atoms with van der Waals surface area (Å²) >= 11 is 5.81. The molecule has 0 saturated carbocycles. The largest absolute Gasteiger partial charge is 0.392 e. The number of aliphatic hydroxyl groups is 1. The van der Waals surface area contributed by atoms with Gasteiger partial charge in [-0.2, -0.15) is 0 Å². The number of nitrogens with two attached hydrogens (primary N) is 1. The highest BCUT2D eigenvalue weighted by Gasteiger charge is 2.09. The Morgan fingerprint density at radius 3 is 2.63 bits per heavy atom. The van der Waals surface area contributed by atoms with E-state index in [1.807, 2.05) is 0 Å². The van der Waals surface area contributed by atoms with Gasteiger partial charge in [0.2, 0.25) is 0 Å². The van der Waals surface area contributed by atoms with Crippen molar-refractivity contribution in [3.63, 3.8) is 0 Å². The lowest BCUT2D eigenvalue weighted by Crippen LogP contribution is -2.12. The van der Waals surface area contributed by atoms with E-state index in [0.29, 0.717) is 11.3 Å². The molecule has 6 heteroatoms. The quantitative estimate of drug-likeness (QED) is 0.801. The van der Waals surface area contributed by atoms with Crippen LogP contribution < -0.4 is 11.1 Å². The fraction of sp³-hybridized carbons (Fsp3) is 0.0769. The summed E-state index contributed by atoms with van der Waals surface area (Å²) in [7, 11) is 0. The second-order valence-electron chi connectivity index (χ2n) is 3.90. The Bertz CT molecular complexity index is 599. The molecule has 1 aromatic heterocycles. The molecule has 0 fully saturated rings. The zero-order valence-electron chi connectivity index (χ0n) is 9.93. The van der Waals surface area contributed by atoms with E-state index < -0.39 is 0 Å². The van der Waals surface area contributed by atoms with E-state index in [-0.39, 0.29) is 23.4 Å². The first-order chi connectivity index (χ1) is 9.10. The third-order valence-electron chi connectivity index (χ3n) is 2.53. The van der Waals surface area contributed by atoms with Crippen LogP contribution in [-0.4, -0.2) is 16.0 Å². The van der Waals surface area contributed by atoms with Crippen LogP contribution in [0, 0.1) is 0 Å². The molecule has 1 aromatic carbocycles. The molecule has 0 radical (unpaired) electrons. The maximum absolute atomic E-state index is 11.9. The maximum atomic E-state index is 11.9. The maximum Gasteiger partial charge on any atom is 0.257 e. The van der Waals surface area contributed by atoms with E-state index in [1.54, 1.807) is 24.3 Å². The summed E-state index contributed by atoms with van der Waals surface area (Å²) in [4.78, 5) is 15.8. The number of amides is 1. The van der Waals surface area contributed by atoms with Gasteiger partial charge in [-0.05, 0) is 23.8 Å². The SMILES string of the molecule is Nc1ncc(C(=O)Nc2ccc(CO)cc2)cc1Cl. The van der Waals surface area contributed by atoms with Crippen LogP contribution in [0.1, 0.15) is 15.9 Å². The topological polar surface area (TPSA) is 88.2 Å². The van der Waals surface area contributed by atoms with E-state index in [9.17, 15) is 4.79 Å². The number of anilines is 2. The molecule has 98 valence electrons. The number of nitrogens with zero attached hydrogens (tertiary/aromatic N) is 1. The molecule has 4 N–H and O–H groups in total. The van der Waals surface area contributed by atoms with Crippen molar-refractivity contribution in [1.82, 2.24) is 4.98 Å². The van der Waals surface area contributed by atoms with E-state index in [0.717, 1.165) is 5.56 Å². The Hall–Kier alpha value is -2.11. The lowest BCUT2D eigenvalue weighted by molar-refractivity contribution is 0.102. The third kappa shape index (κ3) is 3.21. The Kier molecular flexibility index (Phi) is 3.99. The predicted molar refractivity (Wildman–Crippen MR) is 74.0 cm³/mol. The average Bonchev–Trinajstić information content (AvgIpc) is 2.42. The monoisotopic (exact) mass is 277 g/mol. The lowest BCUT2D eigenvalue weighted by atomic mass is 10.2. The summed E-state index contributed by atoms with van der Waals surface area (Å²) in [5.74, 6) is -0.142. The molecule has 1 heterocycles. The van der Waals surface area contributed by atoms with Gasteiger partial charge in [-0.1, -0.05) is 23.7 Å². The van der Waals surface area contributed by atoms with E-state index >= 15 is 0 Å². The molecule has 19 heavy (non-hydrogen) atoms. The minimum atomic E-state index is -0.328.